The van der Waals surface area contributed by atoms with Crippen LogP contribution in [0.3, 0.4) is 0 Å². The smallest absolute Gasteiger partial charge is 0.309 e. The van der Waals surface area contributed by atoms with Crippen LogP contribution >= 0.6 is 0 Å². The maximum absolute atomic E-state index is 10.3. The first-order valence-corrected chi connectivity index (χ1v) is 3.15. The molecule has 0 saturated carbocycles. The molecule has 0 aliphatic carbocycles. The van der Waals surface area contributed by atoms with E-state index in [-0.39, 0.29) is 0 Å². The minimum absolute atomic E-state index is 0.330. The van der Waals surface area contributed by atoms with Gasteiger partial charge >= 0.3 is 5.97 Å². The van der Waals surface area contributed by atoms with Gasteiger partial charge in [-0.15, -0.1) is 0 Å². The van der Waals surface area contributed by atoms with Gasteiger partial charge < -0.3 is 15.3 Å². The number of aliphatic hydroxyl groups excluding tert-OH is 2. The third-order valence-electron chi connectivity index (χ3n) is 1.41. The highest BCUT2D eigenvalue weighted by Crippen LogP contribution is 2.07. The van der Waals surface area contributed by atoms with Crippen molar-refractivity contribution in [3.8, 4) is 0 Å². The van der Waals surface area contributed by atoms with Crippen LogP contribution in [0.15, 0.2) is 0 Å². The van der Waals surface area contributed by atoms with Gasteiger partial charge in [0.05, 0.1) is 18.6 Å². The van der Waals surface area contributed by atoms with Crippen LogP contribution in [0.4, 0.5) is 0 Å². The van der Waals surface area contributed by atoms with E-state index in [1.54, 1.807) is 6.92 Å². The summed E-state index contributed by atoms with van der Waals surface area (Å²) >= 11 is 0. The number of carboxylic acids is 1. The Kier molecular flexibility index (Phi) is 3.99. The van der Waals surface area contributed by atoms with E-state index in [9.17, 15) is 4.79 Å². The predicted octanol–water partition coefficient (Wildman–Crippen LogP) is -0.550. The number of hydrogen-bond donors (Lipinski definition) is 3. The molecule has 0 heterocycles. The van der Waals surface area contributed by atoms with Gasteiger partial charge in [0.25, 0.3) is 0 Å². The lowest BCUT2D eigenvalue weighted by molar-refractivity contribution is -0.146. The number of carboxylic acid groups (broad SMARTS) is 1. The van der Waals surface area contributed by atoms with Gasteiger partial charge in [0.1, 0.15) is 0 Å². The van der Waals surface area contributed by atoms with Crippen molar-refractivity contribution in [1.29, 1.82) is 0 Å². The summed E-state index contributed by atoms with van der Waals surface area (Å²) in [6, 6.07) is 0. The average molecular weight is 148 g/mol. The van der Waals surface area contributed by atoms with Gasteiger partial charge in [0.2, 0.25) is 0 Å². The van der Waals surface area contributed by atoms with Crippen LogP contribution < -0.4 is 0 Å². The zero-order valence-electron chi connectivity index (χ0n) is 5.82. The summed E-state index contributed by atoms with van der Waals surface area (Å²) in [5, 5.41) is 25.6. The molecule has 2 unspecified atom stereocenters. The molecule has 0 aliphatic heterocycles. The summed E-state index contributed by atoms with van der Waals surface area (Å²) in [7, 11) is 0. The van der Waals surface area contributed by atoms with Crippen molar-refractivity contribution in [2.75, 3.05) is 6.61 Å². The molecular weight excluding hydrogens is 136 g/mol. The number of aliphatic carboxylic acids is 1. The van der Waals surface area contributed by atoms with Crippen LogP contribution in [0.25, 0.3) is 0 Å². The van der Waals surface area contributed by atoms with Gasteiger partial charge in [-0.3, -0.25) is 4.79 Å². The Bertz CT molecular complexity index is 112. The summed E-state index contributed by atoms with van der Waals surface area (Å²) in [5.41, 5.74) is 0. The van der Waals surface area contributed by atoms with E-state index in [2.05, 4.69) is 0 Å². The Hall–Kier alpha value is -0.610. The summed E-state index contributed by atoms with van der Waals surface area (Å²) in [6.07, 6.45) is -0.806. The molecule has 3 N–H and O–H groups in total. The second kappa shape index (κ2) is 4.24. The van der Waals surface area contributed by atoms with Crippen molar-refractivity contribution >= 4 is 5.97 Å². The van der Waals surface area contributed by atoms with Crippen molar-refractivity contribution in [3.63, 3.8) is 0 Å². The van der Waals surface area contributed by atoms with E-state index in [4.69, 9.17) is 15.3 Å². The van der Waals surface area contributed by atoms with Crippen molar-refractivity contribution in [2.45, 2.75) is 19.4 Å². The van der Waals surface area contributed by atoms with Crippen molar-refractivity contribution in [1.82, 2.24) is 0 Å². The molecule has 0 aromatic heterocycles. The quantitative estimate of drug-likeness (QED) is 0.500. The van der Waals surface area contributed by atoms with Gasteiger partial charge in [-0.05, 0) is 6.42 Å². The molecule has 0 radical (unpaired) electrons. The van der Waals surface area contributed by atoms with E-state index in [1.807, 2.05) is 0 Å². The highest BCUT2D eigenvalue weighted by atomic mass is 16.4. The van der Waals surface area contributed by atoms with Gasteiger partial charge in [0, 0.05) is 0 Å². The SMILES string of the molecule is CCC(C(=O)O)C(O)CO. The Balaban J connectivity index is 3.92. The van der Waals surface area contributed by atoms with Crippen molar-refractivity contribution in [3.05, 3.63) is 0 Å². The topological polar surface area (TPSA) is 77.8 Å². The van der Waals surface area contributed by atoms with Gasteiger partial charge in [-0.1, -0.05) is 6.92 Å². The van der Waals surface area contributed by atoms with Crippen molar-refractivity contribution < 1.29 is 20.1 Å². The largest absolute Gasteiger partial charge is 0.481 e. The van der Waals surface area contributed by atoms with Gasteiger partial charge in [-0.2, -0.15) is 0 Å². The molecular formula is C6H12O4. The molecule has 0 rings (SSSR count). The predicted molar refractivity (Wildman–Crippen MR) is 34.5 cm³/mol. The highest BCUT2D eigenvalue weighted by molar-refractivity contribution is 5.70. The van der Waals surface area contributed by atoms with E-state index < -0.39 is 24.6 Å². The lowest BCUT2D eigenvalue weighted by atomic mass is 10.0. The normalized spacial score (nSPS) is 16.3. The molecule has 0 fully saturated rings. The highest BCUT2D eigenvalue weighted by Gasteiger charge is 2.23. The second-order valence-corrected chi connectivity index (χ2v) is 2.10. The molecule has 0 bridgehead atoms. The van der Waals surface area contributed by atoms with E-state index in [1.165, 1.54) is 0 Å². The first-order chi connectivity index (χ1) is 4.63. The number of carbonyl (C=O) groups is 1. The first-order valence-electron chi connectivity index (χ1n) is 3.15. The van der Waals surface area contributed by atoms with Gasteiger partial charge in [-0.25, -0.2) is 0 Å². The fourth-order valence-electron chi connectivity index (χ4n) is 0.739. The third-order valence-corrected chi connectivity index (χ3v) is 1.41. The molecule has 0 amide bonds. The maximum Gasteiger partial charge on any atom is 0.309 e. The van der Waals surface area contributed by atoms with E-state index in [0.29, 0.717) is 6.42 Å². The molecule has 2 atom stereocenters. The fraction of sp³-hybridized carbons (Fsp3) is 0.833. The third kappa shape index (κ3) is 2.33. The van der Waals surface area contributed by atoms with Crippen LogP contribution in [0.5, 0.6) is 0 Å². The minimum Gasteiger partial charge on any atom is -0.481 e. The first kappa shape index (κ1) is 9.39. The molecule has 0 aromatic carbocycles. The molecule has 10 heavy (non-hydrogen) atoms. The monoisotopic (exact) mass is 148 g/mol. The standard InChI is InChI=1S/C6H12O4/c1-2-4(6(9)10)5(8)3-7/h4-5,7-8H,2-3H2,1H3,(H,9,10). The van der Waals surface area contributed by atoms with Crippen molar-refractivity contribution in [2.24, 2.45) is 5.92 Å². The molecule has 4 heteroatoms. The summed E-state index contributed by atoms with van der Waals surface area (Å²) in [4.78, 5) is 10.3. The van der Waals surface area contributed by atoms with Crippen LogP contribution in [0.2, 0.25) is 0 Å². The Morgan fingerprint density at radius 1 is 1.60 bits per heavy atom. The molecule has 60 valence electrons. The van der Waals surface area contributed by atoms with E-state index in [0.717, 1.165) is 0 Å². The maximum atomic E-state index is 10.3. The second-order valence-electron chi connectivity index (χ2n) is 2.10. The Labute approximate surface area is 59.1 Å². The van der Waals surface area contributed by atoms with Crippen LogP contribution in [0, 0.1) is 5.92 Å². The number of aliphatic hydroxyl groups is 2. The molecule has 0 aromatic rings. The molecule has 0 saturated heterocycles. The fourth-order valence-corrected chi connectivity index (χ4v) is 0.739. The van der Waals surface area contributed by atoms with Gasteiger partial charge in [0.15, 0.2) is 0 Å². The molecule has 4 nitrogen and oxygen atoms in total. The van der Waals surface area contributed by atoms with E-state index >= 15 is 0 Å². The van der Waals surface area contributed by atoms with Crippen LogP contribution in [-0.4, -0.2) is 34.0 Å². The number of rotatable bonds is 4. The molecule has 0 spiro atoms. The zero-order valence-corrected chi connectivity index (χ0v) is 5.82. The summed E-state index contributed by atoms with van der Waals surface area (Å²) < 4.78 is 0. The zero-order chi connectivity index (χ0) is 8.15. The number of hydrogen-bond acceptors (Lipinski definition) is 3. The summed E-state index contributed by atoms with van der Waals surface area (Å²) in [5.74, 6) is -1.91. The average Bonchev–Trinajstić information content (AvgIpc) is 1.88. The molecule has 0 aliphatic rings. The Morgan fingerprint density at radius 2 is 2.10 bits per heavy atom. The summed E-state index contributed by atoms with van der Waals surface area (Å²) in [6.45, 7) is 1.16. The van der Waals surface area contributed by atoms with Crippen LogP contribution in [0.1, 0.15) is 13.3 Å². The lowest BCUT2D eigenvalue weighted by Gasteiger charge is -2.13. The lowest BCUT2D eigenvalue weighted by Crippen LogP contribution is -2.30. The minimum atomic E-state index is -1.14. The Morgan fingerprint density at radius 3 is 2.20 bits per heavy atom. The van der Waals surface area contributed by atoms with Crippen LogP contribution in [-0.2, 0) is 4.79 Å².